The predicted octanol–water partition coefficient (Wildman–Crippen LogP) is 4.52. The molecule has 0 amide bonds. The van der Waals surface area contributed by atoms with Gasteiger partial charge in [-0.25, -0.2) is 9.37 Å². The summed E-state index contributed by atoms with van der Waals surface area (Å²) in [5.74, 6) is 0.557. The summed E-state index contributed by atoms with van der Waals surface area (Å²) in [4.78, 5) is 19.4. The molecule has 7 rings (SSSR count). The highest BCUT2D eigenvalue weighted by Crippen LogP contribution is 2.34. The van der Waals surface area contributed by atoms with E-state index in [1.54, 1.807) is 30.7 Å². The summed E-state index contributed by atoms with van der Waals surface area (Å²) < 4.78 is 13.5. The van der Waals surface area contributed by atoms with Crippen LogP contribution in [0.2, 0.25) is 0 Å². The monoisotopic (exact) mass is 476 g/mol. The van der Waals surface area contributed by atoms with Gasteiger partial charge < -0.3 is 15.6 Å². The quantitative estimate of drug-likeness (QED) is 0.345. The number of aromatic nitrogens is 6. The van der Waals surface area contributed by atoms with Gasteiger partial charge in [0.15, 0.2) is 0 Å². The molecule has 1 fully saturated rings. The Kier molecular flexibility index (Phi) is 4.58. The zero-order valence-corrected chi connectivity index (χ0v) is 19.1. The third-order valence-electron chi connectivity index (χ3n) is 6.64. The van der Waals surface area contributed by atoms with Crippen molar-refractivity contribution in [2.24, 2.45) is 5.73 Å². The number of nitrogens with two attached hydrogens (primary N) is 1. The van der Waals surface area contributed by atoms with Crippen LogP contribution in [-0.2, 0) is 0 Å². The van der Waals surface area contributed by atoms with E-state index in [-0.39, 0.29) is 11.9 Å². The number of rotatable bonds is 4. The number of nitrogens with zero attached hydrogens (tertiary/aromatic N) is 5. The third kappa shape index (κ3) is 3.40. The van der Waals surface area contributed by atoms with Gasteiger partial charge >= 0.3 is 0 Å². The van der Waals surface area contributed by atoms with Crippen molar-refractivity contribution < 1.29 is 4.39 Å². The second-order valence-electron chi connectivity index (χ2n) is 9.07. The van der Waals surface area contributed by atoms with Crippen LogP contribution in [-0.4, -0.2) is 49.3 Å². The fourth-order valence-electron chi connectivity index (χ4n) is 4.74. The molecular weight excluding hydrogens is 455 g/mol. The Hall–Kier alpha value is -4.63. The highest BCUT2D eigenvalue weighted by Gasteiger charge is 2.24. The lowest BCUT2D eigenvalue weighted by atomic mass is 10.1. The molecule has 4 aromatic heterocycles. The molecule has 0 bridgehead atoms. The largest absolute Gasteiger partial charge is 0.353 e. The topological polar surface area (TPSA) is 112 Å². The van der Waals surface area contributed by atoms with Crippen LogP contribution >= 0.6 is 0 Å². The van der Waals surface area contributed by atoms with Gasteiger partial charge in [0, 0.05) is 52.7 Å². The van der Waals surface area contributed by atoms with Gasteiger partial charge in [0.2, 0.25) is 0 Å². The van der Waals surface area contributed by atoms with E-state index < -0.39 is 0 Å². The molecular formula is C27H21FN8. The number of aromatic amines is 2. The van der Waals surface area contributed by atoms with E-state index in [2.05, 4.69) is 36.1 Å². The van der Waals surface area contributed by atoms with E-state index in [9.17, 15) is 4.39 Å². The lowest BCUT2D eigenvalue weighted by molar-refractivity contribution is 0.514. The summed E-state index contributed by atoms with van der Waals surface area (Å²) in [7, 11) is 0. The Balaban J connectivity index is 1.30. The van der Waals surface area contributed by atoms with E-state index >= 15 is 0 Å². The number of anilines is 1. The summed E-state index contributed by atoms with van der Waals surface area (Å²) in [5.41, 5.74) is 12.8. The number of nitrogens with one attached hydrogen (secondary N) is 2. The van der Waals surface area contributed by atoms with Crippen molar-refractivity contribution in [1.29, 1.82) is 0 Å². The first-order valence-corrected chi connectivity index (χ1v) is 11.7. The predicted molar refractivity (Wildman–Crippen MR) is 138 cm³/mol. The normalized spacial score (nSPS) is 14.0. The smallest absolute Gasteiger partial charge is 0.147 e. The molecule has 4 N–H and O–H groups in total. The molecule has 0 aliphatic carbocycles. The number of pyridine rings is 1. The molecule has 5 heterocycles. The zero-order valence-electron chi connectivity index (χ0n) is 19.1. The molecule has 36 heavy (non-hydrogen) atoms. The maximum absolute atomic E-state index is 13.5. The summed E-state index contributed by atoms with van der Waals surface area (Å²) in [6.07, 6.45) is 5.29. The van der Waals surface area contributed by atoms with Crippen LogP contribution in [0.4, 0.5) is 10.2 Å². The highest BCUT2D eigenvalue weighted by molar-refractivity contribution is 6.00. The van der Waals surface area contributed by atoms with Gasteiger partial charge in [0.05, 0.1) is 35.0 Å². The number of hydrogen-bond donors (Lipinski definition) is 3. The van der Waals surface area contributed by atoms with Gasteiger partial charge in [-0.2, -0.15) is 5.10 Å². The molecule has 176 valence electrons. The van der Waals surface area contributed by atoms with Crippen LogP contribution in [0.3, 0.4) is 0 Å². The van der Waals surface area contributed by atoms with Gasteiger partial charge in [0.25, 0.3) is 0 Å². The summed E-state index contributed by atoms with van der Waals surface area (Å²) >= 11 is 0. The number of H-pyrrole nitrogens is 2. The molecule has 8 nitrogen and oxygen atoms in total. The maximum atomic E-state index is 13.5. The number of halogens is 1. The summed E-state index contributed by atoms with van der Waals surface area (Å²) in [6, 6.07) is 16.6. The fourth-order valence-corrected chi connectivity index (χ4v) is 4.74. The third-order valence-corrected chi connectivity index (χ3v) is 6.64. The van der Waals surface area contributed by atoms with Crippen LogP contribution in [0, 0.1) is 5.82 Å². The van der Waals surface area contributed by atoms with E-state index in [1.807, 2.05) is 24.3 Å². The van der Waals surface area contributed by atoms with Crippen molar-refractivity contribution >= 4 is 27.6 Å². The van der Waals surface area contributed by atoms with Crippen LogP contribution in [0.15, 0.2) is 73.2 Å². The molecule has 0 radical (unpaired) electrons. The maximum Gasteiger partial charge on any atom is 0.147 e. The summed E-state index contributed by atoms with van der Waals surface area (Å²) in [5, 5.41) is 9.64. The Labute approximate surface area is 205 Å². The Morgan fingerprint density at radius 1 is 0.889 bits per heavy atom. The lowest BCUT2D eigenvalue weighted by Gasteiger charge is -2.37. The van der Waals surface area contributed by atoms with Gasteiger partial charge in [0.1, 0.15) is 17.3 Å². The Bertz CT molecular complexity index is 1730. The van der Waals surface area contributed by atoms with Gasteiger partial charge in [-0.3, -0.25) is 15.1 Å². The average Bonchev–Trinajstić information content (AvgIpc) is 3.51. The fraction of sp³-hybridized carbons (Fsp3) is 0.111. The van der Waals surface area contributed by atoms with Gasteiger partial charge in [-0.15, -0.1) is 0 Å². The molecule has 0 unspecified atom stereocenters. The Morgan fingerprint density at radius 3 is 2.53 bits per heavy atom. The summed E-state index contributed by atoms with van der Waals surface area (Å²) in [6.45, 7) is 1.58. The molecule has 9 heteroatoms. The highest BCUT2D eigenvalue weighted by atomic mass is 19.1. The van der Waals surface area contributed by atoms with Crippen LogP contribution in [0.1, 0.15) is 0 Å². The second-order valence-corrected chi connectivity index (χ2v) is 9.07. The number of benzene rings is 2. The van der Waals surface area contributed by atoms with Crippen LogP contribution in [0.25, 0.3) is 55.7 Å². The molecule has 1 aliphatic rings. The molecule has 2 aromatic carbocycles. The standard InChI is InChI=1S/C27H21FN8/c28-17-4-1-15(2-5-17)26-20-10-23(32-21(20)7-8-31-26)27-19-9-16(3-6-22(19)34-35-27)24-11-30-12-25(33-24)36-13-18(29)14-36/h1-12,18,32H,13-14,29H2,(H,34,35). The minimum Gasteiger partial charge on any atom is -0.353 e. The van der Waals surface area contributed by atoms with Crippen molar-refractivity contribution in [2.45, 2.75) is 6.04 Å². The minimum atomic E-state index is -0.275. The molecule has 0 atom stereocenters. The average molecular weight is 477 g/mol. The van der Waals surface area contributed by atoms with E-state index in [4.69, 9.17) is 10.7 Å². The van der Waals surface area contributed by atoms with Crippen molar-refractivity contribution in [3.63, 3.8) is 0 Å². The minimum absolute atomic E-state index is 0.190. The molecule has 6 aromatic rings. The van der Waals surface area contributed by atoms with E-state index in [0.29, 0.717) is 0 Å². The van der Waals surface area contributed by atoms with Crippen LogP contribution in [0.5, 0.6) is 0 Å². The van der Waals surface area contributed by atoms with Crippen molar-refractivity contribution in [3.05, 3.63) is 79.0 Å². The molecule has 0 spiro atoms. The first kappa shape index (κ1) is 20.7. The molecule has 1 saturated heterocycles. The van der Waals surface area contributed by atoms with E-state index in [0.717, 1.165) is 74.6 Å². The van der Waals surface area contributed by atoms with E-state index in [1.165, 1.54) is 12.1 Å². The zero-order chi connectivity index (χ0) is 24.2. The SMILES string of the molecule is NC1CN(c2cncc(-c3ccc4[nH]nc(-c5cc6c(-c7ccc(F)cc7)nccc6[nH]5)c4c3)n2)C1. The number of fused-ring (bicyclic) bond motifs is 2. The molecule has 0 saturated carbocycles. The first-order valence-electron chi connectivity index (χ1n) is 11.7. The van der Waals surface area contributed by atoms with Gasteiger partial charge in [-0.05, 0) is 48.5 Å². The van der Waals surface area contributed by atoms with Crippen LogP contribution < -0.4 is 10.6 Å². The molecule has 1 aliphatic heterocycles. The first-order chi connectivity index (χ1) is 17.6. The van der Waals surface area contributed by atoms with Crippen molar-refractivity contribution in [3.8, 4) is 33.9 Å². The van der Waals surface area contributed by atoms with Crippen molar-refractivity contribution in [1.82, 2.24) is 30.1 Å². The Morgan fingerprint density at radius 2 is 1.69 bits per heavy atom. The second kappa shape index (κ2) is 7.96. The number of hydrogen-bond acceptors (Lipinski definition) is 6. The van der Waals surface area contributed by atoms with Crippen molar-refractivity contribution in [2.75, 3.05) is 18.0 Å². The van der Waals surface area contributed by atoms with Gasteiger partial charge in [-0.1, -0.05) is 6.07 Å². The lowest BCUT2D eigenvalue weighted by Crippen LogP contribution is -2.56.